The Bertz CT molecular complexity index is 743. The maximum absolute atomic E-state index is 14.1. The molecule has 0 saturated heterocycles. The lowest BCUT2D eigenvalue weighted by atomic mass is 10.0. The SMILES string of the molecule is CCCCCc1cc(F)c(C(F)(F)Oc2cc(F)c(F)c(F)c2)c(F)c1. The van der Waals surface area contributed by atoms with Crippen LogP contribution in [0.15, 0.2) is 24.3 Å². The third kappa shape index (κ3) is 4.47. The summed E-state index contributed by atoms with van der Waals surface area (Å²) in [5, 5.41) is 0. The van der Waals surface area contributed by atoms with Crippen molar-refractivity contribution in [2.24, 2.45) is 0 Å². The summed E-state index contributed by atoms with van der Waals surface area (Å²) in [6.07, 6.45) is -1.93. The van der Waals surface area contributed by atoms with Gasteiger partial charge in [0.1, 0.15) is 22.9 Å². The highest BCUT2D eigenvalue weighted by atomic mass is 19.3. The van der Waals surface area contributed by atoms with Crippen LogP contribution in [0.25, 0.3) is 0 Å². The molecule has 26 heavy (non-hydrogen) atoms. The van der Waals surface area contributed by atoms with E-state index < -0.39 is 46.5 Å². The summed E-state index contributed by atoms with van der Waals surface area (Å²) in [5.41, 5.74) is -1.49. The van der Waals surface area contributed by atoms with Crippen LogP contribution in [0.5, 0.6) is 5.75 Å². The van der Waals surface area contributed by atoms with E-state index >= 15 is 0 Å². The van der Waals surface area contributed by atoms with Crippen molar-refractivity contribution in [3.8, 4) is 5.75 Å². The monoisotopic (exact) mass is 380 g/mol. The molecule has 8 heteroatoms. The topological polar surface area (TPSA) is 9.23 Å². The van der Waals surface area contributed by atoms with Crippen LogP contribution in [0.1, 0.15) is 37.3 Å². The lowest BCUT2D eigenvalue weighted by Gasteiger charge is -2.20. The molecular weight excluding hydrogens is 365 g/mol. The van der Waals surface area contributed by atoms with Crippen LogP contribution in [0.2, 0.25) is 0 Å². The number of hydrogen-bond acceptors (Lipinski definition) is 1. The number of aryl methyl sites for hydroxylation is 1. The largest absolute Gasteiger partial charge is 0.432 e. The van der Waals surface area contributed by atoms with Gasteiger partial charge in [0, 0.05) is 12.1 Å². The lowest BCUT2D eigenvalue weighted by Crippen LogP contribution is -2.25. The summed E-state index contributed by atoms with van der Waals surface area (Å²) in [5.74, 6) is -9.65. The summed E-state index contributed by atoms with van der Waals surface area (Å²) < 4.78 is 99.4. The normalized spacial score (nSPS) is 11.7. The highest BCUT2D eigenvalue weighted by Crippen LogP contribution is 2.36. The van der Waals surface area contributed by atoms with E-state index in [1.165, 1.54) is 0 Å². The Balaban J connectivity index is 2.30. The molecule has 0 saturated carbocycles. The smallest absolute Gasteiger partial charge is 0.429 e. The van der Waals surface area contributed by atoms with Crippen molar-refractivity contribution >= 4 is 0 Å². The number of rotatable bonds is 7. The van der Waals surface area contributed by atoms with Gasteiger partial charge in [0.2, 0.25) is 0 Å². The second-order valence-electron chi connectivity index (χ2n) is 5.71. The third-order valence-corrected chi connectivity index (χ3v) is 3.67. The van der Waals surface area contributed by atoms with Gasteiger partial charge >= 0.3 is 6.11 Å². The zero-order valence-electron chi connectivity index (χ0n) is 13.7. The minimum atomic E-state index is -4.56. The molecule has 0 bridgehead atoms. The summed E-state index contributed by atoms with van der Waals surface area (Å²) in [6.45, 7) is 1.93. The van der Waals surface area contributed by atoms with Gasteiger partial charge in [-0.1, -0.05) is 19.8 Å². The minimum absolute atomic E-state index is 0.154. The second kappa shape index (κ2) is 7.97. The number of hydrogen-bond donors (Lipinski definition) is 0. The van der Waals surface area contributed by atoms with Gasteiger partial charge in [0.15, 0.2) is 17.5 Å². The Hall–Kier alpha value is -2.25. The quantitative estimate of drug-likeness (QED) is 0.314. The Morgan fingerprint density at radius 1 is 0.808 bits per heavy atom. The van der Waals surface area contributed by atoms with E-state index in [1.807, 2.05) is 6.92 Å². The van der Waals surface area contributed by atoms with E-state index in [4.69, 9.17) is 0 Å². The van der Waals surface area contributed by atoms with Gasteiger partial charge in [-0.15, -0.1) is 0 Å². The van der Waals surface area contributed by atoms with Crippen LogP contribution in [0, 0.1) is 29.1 Å². The maximum atomic E-state index is 14.1. The molecule has 2 aromatic carbocycles. The zero-order valence-corrected chi connectivity index (χ0v) is 13.7. The first-order valence-corrected chi connectivity index (χ1v) is 7.85. The van der Waals surface area contributed by atoms with Gasteiger partial charge in [-0.05, 0) is 30.5 Å². The molecule has 0 aliphatic rings. The molecule has 142 valence electrons. The number of unbranched alkanes of at least 4 members (excludes halogenated alkanes) is 2. The molecule has 0 unspecified atom stereocenters. The van der Waals surface area contributed by atoms with E-state index in [1.54, 1.807) is 0 Å². The molecule has 0 aliphatic heterocycles. The molecule has 0 aromatic heterocycles. The predicted molar refractivity (Wildman–Crippen MR) is 80.4 cm³/mol. The van der Waals surface area contributed by atoms with E-state index in [-0.39, 0.29) is 17.7 Å². The molecule has 0 amide bonds. The molecule has 0 aliphatic carbocycles. The number of halogens is 7. The van der Waals surface area contributed by atoms with Gasteiger partial charge in [-0.2, -0.15) is 8.78 Å². The first-order chi connectivity index (χ1) is 12.2. The van der Waals surface area contributed by atoms with Crippen LogP contribution in [0.3, 0.4) is 0 Å². The molecule has 2 aromatic rings. The summed E-state index contributed by atoms with van der Waals surface area (Å²) in [7, 11) is 0. The standard InChI is InChI=1S/C18H15F7O/c1-2-3-4-5-10-6-12(19)16(13(20)7-10)18(24,25)26-11-8-14(21)17(23)15(22)9-11/h6-9H,2-5H2,1H3. The number of benzene rings is 2. The Morgan fingerprint density at radius 3 is 1.85 bits per heavy atom. The maximum Gasteiger partial charge on any atom is 0.432 e. The van der Waals surface area contributed by atoms with Crippen molar-refractivity contribution in [2.45, 2.75) is 38.7 Å². The Labute approximate surface area is 145 Å². The predicted octanol–water partition coefficient (Wildman–Crippen LogP) is 6.24. The van der Waals surface area contributed by atoms with Crippen molar-refractivity contribution in [1.29, 1.82) is 0 Å². The Morgan fingerprint density at radius 2 is 1.35 bits per heavy atom. The van der Waals surface area contributed by atoms with Gasteiger partial charge in [-0.3, -0.25) is 0 Å². The van der Waals surface area contributed by atoms with Gasteiger partial charge < -0.3 is 4.74 Å². The highest BCUT2D eigenvalue weighted by Gasteiger charge is 2.41. The molecule has 0 heterocycles. The second-order valence-corrected chi connectivity index (χ2v) is 5.71. The summed E-state index contributed by atoms with van der Waals surface area (Å²) in [4.78, 5) is 0. The first-order valence-electron chi connectivity index (χ1n) is 7.85. The van der Waals surface area contributed by atoms with Crippen molar-refractivity contribution < 1.29 is 35.5 Å². The lowest BCUT2D eigenvalue weighted by molar-refractivity contribution is -0.189. The molecule has 2 rings (SSSR count). The van der Waals surface area contributed by atoms with Crippen molar-refractivity contribution in [3.63, 3.8) is 0 Å². The van der Waals surface area contributed by atoms with Crippen molar-refractivity contribution in [1.82, 2.24) is 0 Å². The molecule has 0 N–H and O–H groups in total. The van der Waals surface area contributed by atoms with E-state index in [2.05, 4.69) is 4.74 Å². The van der Waals surface area contributed by atoms with Gasteiger partial charge in [0.25, 0.3) is 0 Å². The van der Waals surface area contributed by atoms with Crippen molar-refractivity contribution in [3.05, 3.63) is 64.5 Å². The van der Waals surface area contributed by atoms with E-state index in [0.717, 1.165) is 25.0 Å². The van der Waals surface area contributed by atoms with Gasteiger partial charge in [0.05, 0.1) is 0 Å². The molecule has 0 fully saturated rings. The van der Waals surface area contributed by atoms with Crippen LogP contribution in [0.4, 0.5) is 30.7 Å². The fraction of sp³-hybridized carbons (Fsp3) is 0.333. The fourth-order valence-corrected chi connectivity index (χ4v) is 2.42. The first kappa shape index (κ1) is 20.1. The van der Waals surface area contributed by atoms with Crippen LogP contribution in [-0.4, -0.2) is 0 Å². The molecule has 1 nitrogen and oxygen atoms in total. The van der Waals surface area contributed by atoms with E-state index in [9.17, 15) is 30.7 Å². The number of alkyl halides is 2. The number of ether oxygens (including phenoxy) is 1. The molecule has 0 spiro atoms. The average molecular weight is 380 g/mol. The third-order valence-electron chi connectivity index (χ3n) is 3.67. The van der Waals surface area contributed by atoms with Crippen LogP contribution < -0.4 is 4.74 Å². The van der Waals surface area contributed by atoms with Crippen LogP contribution in [-0.2, 0) is 12.5 Å². The van der Waals surface area contributed by atoms with E-state index in [0.29, 0.717) is 12.8 Å². The zero-order chi connectivity index (χ0) is 19.5. The van der Waals surface area contributed by atoms with Gasteiger partial charge in [-0.25, -0.2) is 22.0 Å². The summed E-state index contributed by atoms with van der Waals surface area (Å²) >= 11 is 0. The summed E-state index contributed by atoms with van der Waals surface area (Å²) in [6, 6.07) is 1.83. The molecule has 0 atom stereocenters. The minimum Gasteiger partial charge on any atom is -0.429 e. The Kier molecular flexibility index (Phi) is 6.15. The van der Waals surface area contributed by atoms with Crippen LogP contribution >= 0.6 is 0 Å². The molecular formula is C18H15F7O. The van der Waals surface area contributed by atoms with Crippen molar-refractivity contribution in [2.75, 3.05) is 0 Å². The molecule has 0 radical (unpaired) electrons. The fourth-order valence-electron chi connectivity index (χ4n) is 2.42. The average Bonchev–Trinajstić information content (AvgIpc) is 2.51. The highest BCUT2D eigenvalue weighted by molar-refractivity contribution is 5.31.